The molecule has 0 spiro atoms. The second-order valence-electron chi connectivity index (χ2n) is 5.88. The molecule has 2 N–H and O–H groups in total. The molecule has 2 atom stereocenters. The molecule has 6 nitrogen and oxygen atoms in total. The SMILES string of the molecule is CCSC1CCCC(NC(=NC)NCCn2cnnc2CC)C1.I. The molecule has 24 heavy (non-hydrogen) atoms. The molecule has 1 aliphatic rings. The first kappa shape index (κ1) is 21.5. The minimum atomic E-state index is 0. The van der Waals surface area contributed by atoms with E-state index in [2.05, 4.69) is 56.0 Å². The van der Waals surface area contributed by atoms with Gasteiger partial charge in [-0.05, 0) is 25.0 Å². The molecule has 2 rings (SSSR count). The van der Waals surface area contributed by atoms with Gasteiger partial charge in [0.2, 0.25) is 0 Å². The lowest BCUT2D eigenvalue weighted by Gasteiger charge is -2.30. The lowest BCUT2D eigenvalue weighted by molar-refractivity contribution is 0.418. The number of nitrogens with one attached hydrogen (secondary N) is 2. The number of halogens is 1. The number of nitrogens with zero attached hydrogens (tertiary/aromatic N) is 4. The summed E-state index contributed by atoms with van der Waals surface area (Å²) in [7, 11) is 1.84. The third-order valence-corrected chi connectivity index (χ3v) is 5.48. The maximum Gasteiger partial charge on any atom is 0.191 e. The van der Waals surface area contributed by atoms with E-state index in [-0.39, 0.29) is 24.0 Å². The van der Waals surface area contributed by atoms with Crippen molar-refractivity contribution in [1.29, 1.82) is 0 Å². The van der Waals surface area contributed by atoms with Crippen molar-refractivity contribution in [3.63, 3.8) is 0 Å². The van der Waals surface area contributed by atoms with E-state index in [0.717, 1.165) is 36.5 Å². The fraction of sp³-hybridized carbons (Fsp3) is 0.812. The molecule has 0 aromatic carbocycles. The van der Waals surface area contributed by atoms with Crippen LogP contribution in [0.2, 0.25) is 0 Å². The number of aromatic nitrogens is 3. The van der Waals surface area contributed by atoms with E-state index in [1.54, 1.807) is 6.33 Å². The largest absolute Gasteiger partial charge is 0.355 e. The second-order valence-corrected chi connectivity index (χ2v) is 7.46. The van der Waals surface area contributed by atoms with Crippen molar-refractivity contribution in [2.75, 3.05) is 19.3 Å². The summed E-state index contributed by atoms with van der Waals surface area (Å²) in [4.78, 5) is 4.36. The average molecular weight is 466 g/mol. The Labute approximate surface area is 167 Å². The monoisotopic (exact) mass is 466 g/mol. The number of rotatable bonds is 7. The first-order valence-electron chi connectivity index (χ1n) is 8.72. The van der Waals surface area contributed by atoms with Crippen LogP contribution in [0.3, 0.4) is 0 Å². The molecule has 1 heterocycles. The summed E-state index contributed by atoms with van der Waals surface area (Å²) in [6, 6.07) is 0.542. The molecule has 0 saturated heterocycles. The van der Waals surface area contributed by atoms with E-state index in [1.165, 1.54) is 31.4 Å². The highest BCUT2D eigenvalue weighted by molar-refractivity contribution is 14.0. The van der Waals surface area contributed by atoms with Crippen LogP contribution in [0.5, 0.6) is 0 Å². The van der Waals surface area contributed by atoms with Gasteiger partial charge in [0.05, 0.1) is 0 Å². The van der Waals surface area contributed by atoms with Crippen molar-refractivity contribution in [3.8, 4) is 0 Å². The summed E-state index contributed by atoms with van der Waals surface area (Å²) in [6.45, 7) is 6.03. The standard InChI is InChI=1S/C16H30N6S.HI/c1-4-15-21-19-12-22(15)10-9-18-16(17-3)20-13-7-6-8-14(11-13)23-5-2;/h12-14H,4-11H2,1-3H3,(H2,17,18,20);1H. The first-order chi connectivity index (χ1) is 11.3. The molecule has 2 unspecified atom stereocenters. The summed E-state index contributed by atoms with van der Waals surface area (Å²) in [5, 5.41) is 15.9. The molecule has 1 aliphatic carbocycles. The van der Waals surface area contributed by atoms with Crippen LogP contribution in [0.15, 0.2) is 11.3 Å². The van der Waals surface area contributed by atoms with Crippen molar-refractivity contribution < 1.29 is 0 Å². The van der Waals surface area contributed by atoms with Crippen molar-refractivity contribution in [2.24, 2.45) is 4.99 Å². The van der Waals surface area contributed by atoms with Crippen LogP contribution < -0.4 is 10.6 Å². The molecule has 0 amide bonds. The topological polar surface area (TPSA) is 67.1 Å². The predicted molar refractivity (Wildman–Crippen MR) is 113 cm³/mol. The van der Waals surface area contributed by atoms with Gasteiger partial charge in [-0.15, -0.1) is 34.2 Å². The van der Waals surface area contributed by atoms with Crippen LogP contribution in [-0.4, -0.2) is 51.4 Å². The zero-order chi connectivity index (χ0) is 16.5. The van der Waals surface area contributed by atoms with E-state index in [4.69, 9.17) is 0 Å². The van der Waals surface area contributed by atoms with Crippen molar-refractivity contribution in [1.82, 2.24) is 25.4 Å². The summed E-state index contributed by atoms with van der Waals surface area (Å²) in [5.41, 5.74) is 0. The Hall–Kier alpha value is -0.510. The molecule has 0 radical (unpaired) electrons. The minimum absolute atomic E-state index is 0. The van der Waals surface area contributed by atoms with E-state index < -0.39 is 0 Å². The highest BCUT2D eigenvalue weighted by atomic mass is 127. The summed E-state index contributed by atoms with van der Waals surface area (Å²) in [6.07, 6.45) is 7.86. The van der Waals surface area contributed by atoms with Crippen molar-refractivity contribution >= 4 is 41.7 Å². The van der Waals surface area contributed by atoms with Gasteiger partial charge in [-0.2, -0.15) is 11.8 Å². The third kappa shape index (κ3) is 6.78. The number of hydrogen-bond donors (Lipinski definition) is 2. The molecule has 1 aromatic heterocycles. The highest BCUT2D eigenvalue weighted by Crippen LogP contribution is 2.28. The van der Waals surface area contributed by atoms with Gasteiger partial charge in [-0.25, -0.2) is 0 Å². The Balaban J connectivity index is 0.00000288. The van der Waals surface area contributed by atoms with Gasteiger partial charge < -0.3 is 15.2 Å². The van der Waals surface area contributed by atoms with Crippen LogP contribution in [-0.2, 0) is 13.0 Å². The Morgan fingerprint density at radius 1 is 1.42 bits per heavy atom. The fourth-order valence-corrected chi connectivity index (χ4v) is 4.26. The quantitative estimate of drug-likeness (QED) is 0.368. The lowest BCUT2D eigenvalue weighted by Crippen LogP contribution is -2.46. The zero-order valence-electron chi connectivity index (χ0n) is 15.0. The lowest BCUT2D eigenvalue weighted by atomic mass is 9.95. The molecular formula is C16H31IN6S. The maximum absolute atomic E-state index is 4.36. The zero-order valence-corrected chi connectivity index (χ0v) is 18.1. The molecule has 1 saturated carbocycles. The average Bonchev–Trinajstić information content (AvgIpc) is 3.02. The minimum Gasteiger partial charge on any atom is -0.355 e. The predicted octanol–water partition coefficient (Wildman–Crippen LogP) is 2.69. The van der Waals surface area contributed by atoms with Crippen molar-refractivity contribution in [3.05, 3.63) is 12.2 Å². The number of hydrogen-bond acceptors (Lipinski definition) is 4. The molecule has 0 bridgehead atoms. The van der Waals surface area contributed by atoms with Gasteiger partial charge in [0.15, 0.2) is 5.96 Å². The molecule has 0 aliphatic heterocycles. The molecule has 1 fully saturated rings. The van der Waals surface area contributed by atoms with E-state index >= 15 is 0 Å². The fourth-order valence-electron chi connectivity index (χ4n) is 3.09. The van der Waals surface area contributed by atoms with Gasteiger partial charge in [-0.3, -0.25) is 4.99 Å². The van der Waals surface area contributed by atoms with Crippen LogP contribution in [0.4, 0.5) is 0 Å². The summed E-state index contributed by atoms with van der Waals surface area (Å²) in [5.74, 6) is 3.15. The summed E-state index contributed by atoms with van der Waals surface area (Å²) >= 11 is 2.09. The van der Waals surface area contributed by atoms with Crippen LogP contribution in [0.25, 0.3) is 0 Å². The van der Waals surface area contributed by atoms with E-state index in [0.29, 0.717) is 6.04 Å². The summed E-state index contributed by atoms with van der Waals surface area (Å²) < 4.78 is 2.09. The number of aryl methyl sites for hydroxylation is 1. The highest BCUT2D eigenvalue weighted by Gasteiger charge is 2.22. The molecule has 138 valence electrons. The Morgan fingerprint density at radius 3 is 2.96 bits per heavy atom. The van der Waals surface area contributed by atoms with E-state index in [1.807, 2.05) is 7.05 Å². The number of thioether (sulfide) groups is 1. The first-order valence-corrected chi connectivity index (χ1v) is 9.77. The van der Waals surface area contributed by atoms with E-state index in [9.17, 15) is 0 Å². The van der Waals surface area contributed by atoms with Crippen LogP contribution in [0.1, 0.15) is 45.4 Å². The third-order valence-electron chi connectivity index (χ3n) is 4.25. The molecule has 8 heteroatoms. The van der Waals surface area contributed by atoms with Gasteiger partial charge in [0.1, 0.15) is 12.2 Å². The Kier molecular flexibility index (Phi) is 10.7. The van der Waals surface area contributed by atoms with Crippen LogP contribution >= 0.6 is 35.7 Å². The maximum atomic E-state index is 4.36. The van der Waals surface area contributed by atoms with Gasteiger partial charge in [0, 0.05) is 37.8 Å². The smallest absolute Gasteiger partial charge is 0.191 e. The number of aliphatic imine (C=N–C) groups is 1. The number of guanidine groups is 1. The van der Waals surface area contributed by atoms with Gasteiger partial charge in [-0.1, -0.05) is 20.3 Å². The molecule has 1 aromatic rings. The van der Waals surface area contributed by atoms with Crippen molar-refractivity contribution in [2.45, 2.75) is 63.8 Å². The Morgan fingerprint density at radius 2 is 2.25 bits per heavy atom. The Bertz CT molecular complexity index is 491. The molecular weight excluding hydrogens is 435 g/mol. The second kappa shape index (κ2) is 11.9. The van der Waals surface area contributed by atoms with Gasteiger partial charge in [0.25, 0.3) is 0 Å². The van der Waals surface area contributed by atoms with Crippen LogP contribution in [0, 0.1) is 0 Å². The normalized spacial score (nSPS) is 21.2. The van der Waals surface area contributed by atoms with Gasteiger partial charge >= 0.3 is 0 Å².